The summed E-state index contributed by atoms with van der Waals surface area (Å²) in [4.78, 5) is 19.0. The van der Waals surface area contributed by atoms with Crippen molar-refractivity contribution in [3.05, 3.63) is 83.6 Å². The standard InChI is InChI=1S/C26H30N2O4S/c1-3-30-26(29)23-17-33-14-13-28(23)16-21-9-11-22(12-10-21)32-24(25-19(2)31-18-27-25)15-20-7-5-4-6-8-20/h4-12,18,23-24H,3,13-17H2,1-2H3. The summed E-state index contributed by atoms with van der Waals surface area (Å²) in [6.07, 6.45) is 1.92. The molecule has 0 aliphatic carbocycles. The molecule has 1 aliphatic heterocycles. The Labute approximate surface area is 199 Å². The number of aromatic nitrogens is 1. The maximum atomic E-state index is 12.4. The Balaban J connectivity index is 1.45. The Morgan fingerprint density at radius 1 is 1.18 bits per heavy atom. The van der Waals surface area contributed by atoms with Gasteiger partial charge in [0.15, 0.2) is 6.39 Å². The molecule has 6 nitrogen and oxygen atoms in total. The van der Waals surface area contributed by atoms with Gasteiger partial charge in [-0.2, -0.15) is 11.8 Å². The number of nitrogens with zero attached hydrogens (tertiary/aromatic N) is 2. The Kier molecular flexibility index (Phi) is 8.07. The SMILES string of the molecule is CCOC(=O)C1CSCCN1Cc1ccc(OC(Cc2ccccc2)c2ncoc2C)cc1. The second kappa shape index (κ2) is 11.4. The molecule has 1 fully saturated rings. The molecule has 2 aromatic carbocycles. The summed E-state index contributed by atoms with van der Waals surface area (Å²) >= 11 is 1.81. The third-order valence-corrected chi connectivity index (χ3v) is 6.76. The highest BCUT2D eigenvalue weighted by Gasteiger charge is 2.30. The molecule has 2 unspecified atom stereocenters. The summed E-state index contributed by atoms with van der Waals surface area (Å²) in [7, 11) is 0. The predicted octanol–water partition coefficient (Wildman–Crippen LogP) is 4.83. The van der Waals surface area contributed by atoms with Crippen molar-refractivity contribution >= 4 is 17.7 Å². The number of rotatable bonds is 9. The van der Waals surface area contributed by atoms with Crippen LogP contribution >= 0.6 is 11.8 Å². The minimum absolute atomic E-state index is 0.128. The van der Waals surface area contributed by atoms with E-state index >= 15 is 0 Å². The lowest BCUT2D eigenvalue weighted by Gasteiger charge is -2.33. The Morgan fingerprint density at radius 2 is 1.97 bits per heavy atom. The highest BCUT2D eigenvalue weighted by atomic mass is 32.2. The molecule has 174 valence electrons. The normalized spacial score (nSPS) is 17.5. The molecule has 7 heteroatoms. The molecule has 3 aromatic rings. The van der Waals surface area contributed by atoms with Gasteiger partial charge < -0.3 is 13.9 Å². The average Bonchev–Trinajstić information content (AvgIpc) is 3.27. The van der Waals surface area contributed by atoms with Gasteiger partial charge in [0, 0.05) is 31.0 Å². The van der Waals surface area contributed by atoms with Crippen molar-refractivity contribution in [3.8, 4) is 5.75 Å². The zero-order valence-corrected chi connectivity index (χ0v) is 19.9. The van der Waals surface area contributed by atoms with Crippen molar-refractivity contribution in [3.63, 3.8) is 0 Å². The van der Waals surface area contributed by atoms with E-state index in [9.17, 15) is 4.79 Å². The lowest BCUT2D eigenvalue weighted by atomic mass is 10.0. The topological polar surface area (TPSA) is 64.8 Å². The summed E-state index contributed by atoms with van der Waals surface area (Å²) < 4.78 is 17.1. The van der Waals surface area contributed by atoms with Gasteiger partial charge in [-0.3, -0.25) is 9.69 Å². The highest BCUT2D eigenvalue weighted by molar-refractivity contribution is 7.99. The van der Waals surface area contributed by atoms with Crippen LogP contribution in [0.1, 0.15) is 35.6 Å². The third kappa shape index (κ3) is 6.18. The van der Waals surface area contributed by atoms with Gasteiger partial charge >= 0.3 is 5.97 Å². The van der Waals surface area contributed by atoms with Crippen LogP contribution in [-0.2, 0) is 22.5 Å². The quantitative estimate of drug-likeness (QED) is 0.419. The van der Waals surface area contributed by atoms with E-state index in [1.54, 1.807) is 11.8 Å². The molecule has 0 bridgehead atoms. The van der Waals surface area contributed by atoms with Crippen LogP contribution in [-0.4, -0.2) is 46.6 Å². The first-order chi connectivity index (χ1) is 16.1. The highest BCUT2D eigenvalue weighted by Crippen LogP contribution is 2.28. The minimum atomic E-state index is -0.246. The van der Waals surface area contributed by atoms with Crippen molar-refractivity contribution in [2.75, 3.05) is 24.7 Å². The van der Waals surface area contributed by atoms with Crippen molar-refractivity contribution in [1.82, 2.24) is 9.88 Å². The number of ether oxygens (including phenoxy) is 2. The lowest BCUT2D eigenvalue weighted by molar-refractivity contribution is -0.148. The molecule has 0 saturated carbocycles. The summed E-state index contributed by atoms with van der Waals surface area (Å²) in [5.74, 6) is 3.21. The van der Waals surface area contributed by atoms with Crippen LogP contribution in [0.5, 0.6) is 5.75 Å². The van der Waals surface area contributed by atoms with Crippen LogP contribution in [0.2, 0.25) is 0 Å². The molecule has 1 aromatic heterocycles. The van der Waals surface area contributed by atoms with Gasteiger partial charge in [0.25, 0.3) is 0 Å². The Hall–Kier alpha value is -2.77. The fourth-order valence-corrected chi connectivity index (χ4v) is 5.10. The molecular formula is C26H30N2O4S. The number of thioether (sulfide) groups is 1. The molecule has 2 atom stereocenters. The largest absolute Gasteiger partial charge is 0.484 e. The van der Waals surface area contributed by atoms with Crippen LogP contribution in [0.15, 0.2) is 65.4 Å². The Bertz CT molecular complexity index is 1020. The van der Waals surface area contributed by atoms with Gasteiger partial charge in [-0.25, -0.2) is 4.98 Å². The van der Waals surface area contributed by atoms with Crippen LogP contribution in [0.25, 0.3) is 0 Å². The van der Waals surface area contributed by atoms with Gasteiger partial charge in [-0.15, -0.1) is 0 Å². The Morgan fingerprint density at radius 3 is 2.67 bits per heavy atom. The molecule has 4 rings (SSSR count). The maximum absolute atomic E-state index is 12.4. The number of hydrogen-bond donors (Lipinski definition) is 0. The summed E-state index contributed by atoms with van der Waals surface area (Å²) in [5.41, 5.74) is 3.13. The molecule has 0 N–H and O–H groups in total. The molecule has 0 amide bonds. The predicted molar refractivity (Wildman–Crippen MR) is 129 cm³/mol. The first kappa shape index (κ1) is 23.4. The smallest absolute Gasteiger partial charge is 0.324 e. The van der Waals surface area contributed by atoms with Crippen molar-refractivity contribution in [2.24, 2.45) is 0 Å². The number of carbonyl (C=O) groups excluding carboxylic acids is 1. The fraction of sp³-hybridized carbons (Fsp3) is 0.385. The van der Waals surface area contributed by atoms with Crippen molar-refractivity contribution < 1.29 is 18.7 Å². The van der Waals surface area contributed by atoms with Crippen LogP contribution in [0.3, 0.4) is 0 Å². The number of carbonyl (C=O) groups is 1. The van der Waals surface area contributed by atoms with E-state index in [1.807, 2.05) is 44.2 Å². The van der Waals surface area contributed by atoms with Gasteiger partial charge in [-0.1, -0.05) is 42.5 Å². The fourth-order valence-electron chi connectivity index (χ4n) is 4.00. The number of hydrogen-bond acceptors (Lipinski definition) is 7. The molecule has 0 spiro atoms. The molecule has 2 heterocycles. The second-order valence-electron chi connectivity index (χ2n) is 8.05. The van der Waals surface area contributed by atoms with E-state index in [4.69, 9.17) is 13.9 Å². The van der Waals surface area contributed by atoms with Gasteiger partial charge in [-0.05, 0) is 37.1 Å². The van der Waals surface area contributed by atoms with Gasteiger partial charge in [0.05, 0.1) is 6.61 Å². The van der Waals surface area contributed by atoms with Gasteiger partial charge in [0.1, 0.15) is 29.3 Å². The first-order valence-corrected chi connectivity index (χ1v) is 12.5. The van der Waals surface area contributed by atoms with Crippen molar-refractivity contribution in [1.29, 1.82) is 0 Å². The molecule has 1 aliphatic rings. The van der Waals surface area contributed by atoms with E-state index in [0.29, 0.717) is 19.6 Å². The van der Waals surface area contributed by atoms with Crippen molar-refractivity contribution in [2.45, 2.75) is 39.0 Å². The molecule has 1 saturated heterocycles. The summed E-state index contributed by atoms with van der Waals surface area (Å²) in [6, 6.07) is 18.2. The van der Waals surface area contributed by atoms with Crippen LogP contribution < -0.4 is 4.74 Å². The molecule has 0 radical (unpaired) electrons. The minimum Gasteiger partial charge on any atom is -0.484 e. The van der Waals surface area contributed by atoms with Crippen LogP contribution in [0.4, 0.5) is 0 Å². The number of aryl methyl sites for hydroxylation is 1. The maximum Gasteiger partial charge on any atom is 0.324 e. The number of oxazole rings is 1. The van der Waals surface area contributed by atoms with E-state index in [1.165, 1.54) is 12.0 Å². The van der Waals surface area contributed by atoms with E-state index in [2.05, 4.69) is 34.1 Å². The molecule has 33 heavy (non-hydrogen) atoms. The monoisotopic (exact) mass is 466 g/mol. The zero-order chi connectivity index (χ0) is 23.0. The van der Waals surface area contributed by atoms with Crippen LogP contribution in [0, 0.1) is 6.92 Å². The van der Waals surface area contributed by atoms with E-state index < -0.39 is 0 Å². The second-order valence-corrected chi connectivity index (χ2v) is 9.20. The van der Waals surface area contributed by atoms with E-state index in [0.717, 1.165) is 40.8 Å². The molecular weight excluding hydrogens is 436 g/mol. The first-order valence-electron chi connectivity index (χ1n) is 11.3. The van der Waals surface area contributed by atoms with E-state index in [-0.39, 0.29) is 18.1 Å². The number of benzene rings is 2. The summed E-state index contributed by atoms with van der Waals surface area (Å²) in [6.45, 7) is 5.75. The number of esters is 1. The zero-order valence-electron chi connectivity index (χ0n) is 19.1. The van der Waals surface area contributed by atoms with Gasteiger partial charge in [0.2, 0.25) is 0 Å². The average molecular weight is 467 g/mol. The third-order valence-electron chi connectivity index (χ3n) is 5.74. The lowest BCUT2D eigenvalue weighted by Crippen LogP contribution is -2.47. The summed E-state index contributed by atoms with van der Waals surface area (Å²) in [5, 5.41) is 0.